The van der Waals surface area contributed by atoms with Crippen molar-refractivity contribution < 1.29 is 13.8 Å². The number of hydrogen-bond donors (Lipinski definition) is 0. The molecule has 1 atom stereocenters. The zero-order valence-electron chi connectivity index (χ0n) is 12.7. The Kier molecular flexibility index (Phi) is 4.61. The van der Waals surface area contributed by atoms with Crippen LogP contribution in [0, 0.1) is 0 Å². The third-order valence-corrected chi connectivity index (χ3v) is 5.33. The third kappa shape index (κ3) is 2.93. The van der Waals surface area contributed by atoms with Gasteiger partial charge < -0.3 is 0 Å². The van der Waals surface area contributed by atoms with Crippen LogP contribution in [0.1, 0.15) is 43.1 Å². The monoisotopic (exact) mass is 307 g/mol. The van der Waals surface area contributed by atoms with E-state index < -0.39 is 16.2 Å². The molecule has 0 bridgehead atoms. The van der Waals surface area contributed by atoms with E-state index in [2.05, 4.69) is 0 Å². The maximum absolute atomic E-state index is 12.6. The Labute approximate surface area is 128 Å². The van der Waals surface area contributed by atoms with Gasteiger partial charge in [0.2, 0.25) is 5.91 Å². The average Bonchev–Trinajstić information content (AvgIpc) is 2.46. The van der Waals surface area contributed by atoms with Crippen LogP contribution in [0.25, 0.3) is 0 Å². The molecule has 0 aromatic heterocycles. The predicted molar refractivity (Wildman–Crippen MR) is 83.7 cm³/mol. The van der Waals surface area contributed by atoms with Crippen LogP contribution in [0.5, 0.6) is 0 Å². The number of carbonyl (C=O) groups is 2. The molecule has 0 saturated heterocycles. The summed E-state index contributed by atoms with van der Waals surface area (Å²) in [5.74, 6) is 0.475. The van der Waals surface area contributed by atoms with Crippen molar-refractivity contribution in [3.63, 3.8) is 0 Å². The van der Waals surface area contributed by atoms with Crippen molar-refractivity contribution in [2.45, 2.75) is 32.6 Å². The summed E-state index contributed by atoms with van der Waals surface area (Å²) >= 11 is 0. The number of hydrogen-bond acceptors (Lipinski definition) is 3. The van der Waals surface area contributed by atoms with Gasteiger partial charge in [0.25, 0.3) is 5.91 Å². The van der Waals surface area contributed by atoms with E-state index in [4.69, 9.17) is 0 Å². The number of rotatable bonds is 5. The third-order valence-electron chi connectivity index (χ3n) is 3.83. The molecule has 0 radical (unpaired) electrons. The number of imide groups is 1. The summed E-state index contributed by atoms with van der Waals surface area (Å²) in [5, 5.41) is 0. The fourth-order valence-electron chi connectivity index (χ4n) is 2.63. The van der Waals surface area contributed by atoms with Gasteiger partial charge in [-0.1, -0.05) is 25.1 Å². The number of fused-ring (bicyclic) bond motifs is 1. The van der Waals surface area contributed by atoms with Gasteiger partial charge in [0.05, 0.1) is 5.41 Å². The van der Waals surface area contributed by atoms with Crippen molar-refractivity contribution in [2.24, 2.45) is 0 Å². The minimum absolute atomic E-state index is 0.209. The van der Waals surface area contributed by atoms with E-state index in [-0.39, 0.29) is 18.4 Å². The van der Waals surface area contributed by atoms with Gasteiger partial charge in [-0.25, -0.2) is 0 Å². The standard InChI is InChI=1S/C16H21NO3S/c1-4-10-21(20)11-9-17-14(18)12-7-5-6-8-13(12)16(2,3)15(17)19/h5-8H,4,9-11H2,1-3H3. The highest BCUT2D eigenvalue weighted by Crippen LogP contribution is 2.34. The zero-order valence-corrected chi connectivity index (χ0v) is 13.5. The van der Waals surface area contributed by atoms with Gasteiger partial charge in [0.1, 0.15) is 0 Å². The first-order valence-electron chi connectivity index (χ1n) is 7.20. The van der Waals surface area contributed by atoms with Crippen LogP contribution in [0.4, 0.5) is 0 Å². The molecule has 21 heavy (non-hydrogen) atoms. The average molecular weight is 307 g/mol. The van der Waals surface area contributed by atoms with Crippen LogP contribution >= 0.6 is 0 Å². The van der Waals surface area contributed by atoms with Gasteiger partial charge in [0.15, 0.2) is 0 Å². The molecule has 1 aliphatic heterocycles. The molecule has 0 N–H and O–H groups in total. The summed E-state index contributed by atoms with van der Waals surface area (Å²) in [6.07, 6.45) is 0.836. The summed E-state index contributed by atoms with van der Waals surface area (Å²) in [4.78, 5) is 26.3. The van der Waals surface area contributed by atoms with E-state index in [0.29, 0.717) is 17.1 Å². The number of amides is 2. The Morgan fingerprint density at radius 3 is 2.48 bits per heavy atom. The zero-order chi connectivity index (χ0) is 15.6. The van der Waals surface area contributed by atoms with Crippen LogP contribution in [0.3, 0.4) is 0 Å². The number of carbonyl (C=O) groups excluding carboxylic acids is 2. The predicted octanol–water partition coefficient (Wildman–Crippen LogP) is 2.11. The highest BCUT2D eigenvalue weighted by molar-refractivity contribution is 7.84. The molecule has 114 valence electrons. The summed E-state index contributed by atoms with van der Waals surface area (Å²) in [5.41, 5.74) is 0.617. The van der Waals surface area contributed by atoms with E-state index >= 15 is 0 Å². The van der Waals surface area contributed by atoms with E-state index in [1.165, 1.54) is 4.90 Å². The van der Waals surface area contributed by atoms with Gasteiger partial charge in [-0.05, 0) is 31.9 Å². The molecule has 0 fully saturated rings. The van der Waals surface area contributed by atoms with Gasteiger partial charge in [0, 0.05) is 34.4 Å². The molecule has 1 aliphatic rings. The van der Waals surface area contributed by atoms with Gasteiger partial charge >= 0.3 is 0 Å². The van der Waals surface area contributed by atoms with Crippen molar-refractivity contribution in [1.29, 1.82) is 0 Å². The fraction of sp³-hybridized carbons (Fsp3) is 0.500. The van der Waals surface area contributed by atoms with Crippen molar-refractivity contribution in [2.75, 3.05) is 18.1 Å². The summed E-state index contributed by atoms with van der Waals surface area (Å²) in [6, 6.07) is 7.22. The second-order valence-electron chi connectivity index (χ2n) is 5.78. The molecule has 5 heteroatoms. The van der Waals surface area contributed by atoms with Gasteiger partial charge in [-0.3, -0.25) is 18.7 Å². The van der Waals surface area contributed by atoms with Gasteiger partial charge in [-0.2, -0.15) is 0 Å². The van der Waals surface area contributed by atoms with E-state index in [1.807, 2.05) is 32.9 Å². The Morgan fingerprint density at radius 2 is 1.81 bits per heavy atom. The highest BCUT2D eigenvalue weighted by Gasteiger charge is 2.43. The quantitative estimate of drug-likeness (QED) is 0.783. The van der Waals surface area contributed by atoms with E-state index in [1.54, 1.807) is 12.1 Å². The van der Waals surface area contributed by atoms with Gasteiger partial charge in [-0.15, -0.1) is 0 Å². The molecule has 4 nitrogen and oxygen atoms in total. The summed E-state index contributed by atoms with van der Waals surface area (Å²) in [6.45, 7) is 5.85. The highest BCUT2D eigenvalue weighted by atomic mass is 32.2. The van der Waals surface area contributed by atoms with Crippen molar-refractivity contribution in [3.05, 3.63) is 35.4 Å². The minimum Gasteiger partial charge on any atom is -0.277 e. The smallest absolute Gasteiger partial charge is 0.260 e. The van der Waals surface area contributed by atoms with Crippen molar-refractivity contribution in [3.8, 4) is 0 Å². The fourth-order valence-corrected chi connectivity index (χ4v) is 3.68. The number of benzene rings is 1. The molecule has 2 rings (SSSR count). The first-order valence-corrected chi connectivity index (χ1v) is 8.69. The maximum atomic E-state index is 12.6. The summed E-state index contributed by atoms with van der Waals surface area (Å²) in [7, 11) is -0.980. The first-order chi connectivity index (χ1) is 9.89. The molecular weight excluding hydrogens is 286 g/mol. The number of nitrogens with zero attached hydrogens (tertiary/aromatic N) is 1. The Morgan fingerprint density at radius 1 is 1.14 bits per heavy atom. The molecule has 2 amide bonds. The maximum Gasteiger partial charge on any atom is 0.260 e. The first kappa shape index (κ1) is 15.9. The molecule has 1 aromatic carbocycles. The van der Waals surface area contributed by atoms with Crippen molar-refractivity contribution in [1.82, 2.24) is 4.90 Å². The second kappa shape index (κ2) is 6.10. The van der Waals surface area contributed by atoms with Crippen LogP contribution in [0.2, 0.25) is 0 Å². The minimum atomic E-state index is -0.980. The molecule has 0 saturated carbocycles. The molecular formula is C16H21NO3S. The van der Waals surface area contributed by atoms with Crippen LogP contribution in [0.15, 0.2) is 24.3 Å². The lowest BCUT2D eigenvalue weighted by Gasteiger charge is -2.37. The summed E-state index contributed by atoms with van der Waals surface area (Å²) < 4.78 is 11.8. The Balaban J connectivity index is 2.27. The Bertz CT molecular complexity index is 595. The van der Waals surface area contributed by atoms with Crippen LogP contribution in [-0.4, -0.2) is 39.0 Å². The second-order valence-corrected chi connectivity index (χ2v) is 7.48. The Hall–Kier alpha value is -1.49. The topological polar surface area (TPSA) is 54.5 Å². The van der Waals surface area contributed by atoms with E-state index in [9.17, 15) is 13.8 Å². The van der Waals surface area contributed by atoms with Crippen LogP contribution in [-0.2, 0) is 21.0 Å². The molecule has 1 aromatic rings. The molecule has 0 aliphatic carbocycles. The normalized spacial score (nSPS) is 18.5. The largest absolute Gasteiger partial charge is 0.277 e. The molecule has 0 spiro atoms. The lowest BCUT2D eigenvalue weighted by atomic mass is 9.77. The SMILES string of the molecule is CCCS(=O)CCN1C(=O)c2ccccc2C(C)(C)C1=O. The van der Waals surface area contributed by atoms with Crippen LogP contribution < -0.4 is 0 Å². The van der Waals surface area contributed by atoms with Crippen molar-refractivity contribution >= 4 is 22.6 Å². The lowest BCUT2D eigenvalue weighted by molar-refractivity contribution is -0.134. The van der Waals surface area contributed by atoms with E-state index in [0.717, 1.165) is 12.0 Å². The lowest BCUT2D eigenvalue weighted by Crippen LogP contribution is -2.52. The molecule has 1 unspecified atom stereocenters. The molecule has 1 heterocycles.